The summed E-state index contributed by atoms with van der Waals surface area (Å²) in [6.45, 7) is 1.77. The van der Waals surface area contributed by atoms with Crippen LogP contribution < -0.4 is 10.1 Å². The minimum atomic E-state index is -0.627. The lowest BCUT2D eigenvalue weighted by Crippen LogP contribution is -2.36. The molecule has 1 aliphatic rings. The van der Waals surface area contributed by atoms with E-state index in [1.165, 1.54) is 24.3 Å². The molecule has 0 aliphatic carbocycles. The smallest absolute Gasteiger partial charge is 0.339 e. The number of nitrogens with one attached hydrogen (secondary N) is 1. The molecule has 1 saturated heterocycles. The fourth-order valence-corrected chi connectivity index (χ4v) is 4.75. The van der Waals surface area contributed by atoms with E-state index in [4.69, 9.17) is 21.1 Å². The predicted octanol–water partition coefficient (Wildman–Crippen LogP) is 6.69. The van der Waals surface area contributed by atoms with Gasteiger partial charge in [0.25, 0.3) is 11.1 Å². The largest absolute Gasteiger partial charge is 0.489 e. The number of hydrogen-bond donors (Lipinski definition) is 1. The van der Waals surface area contributed by atoms with E-state index in [9.17, 15) is 23.6 Å². The highest BCUT2D eigenvalue weighted by atomic mass is 35.5. The van der Waals surface area contributed by atoms with Crippen LogP contribution in [0.4, 0.5) is 14.9 Å². The van der Waals surface area contributed by atoms with Crippen molar-refractivity contribution in [1.82, 2.24) is 4.90 Å². The lowest BCUT2D eigenvalue weighted by atomic mass is 10.2. The lowest BCUT2D eigenvalue weighted by Gasteiger charge is -2.13. The number of thioether (sulfide) groups is 1. The first-order chi connectivity index (χ1) is 19.7. The topological polar surface area (TPSA) is 102 Å². The van der Waals surface area contributed by atoms with Crippen molar-refractivity contribution in [2.75, 3.05) is 18.5 Å². The van der Waals surface area contributed by atoms with E-state index in [2.05, 4.69) is 5.32 Å². The number of amides is 3. The molecule has 0 atom stereocenters. The Morgan fingerprint density at radius 3 is 2.56 bits per heavy atom. The van der Waals surface area contributed by atoms with E-state index in [1.54, 1.807) is 48.5 Å². The summed E-state index contributed by atoms with van der Waals surface area (Å²) in [4.78, 5) is 51.3. The van der Waals surface area contributed by atoms with Gasteiger partial charge in [0.2, 0.25) is 5.91 Å². The summed E-state index contributed by atoms with van der Waals surface area (Å²) in [5.74, 6) is -1.69. The maximum Gasteiger partial charge on any atom is 0.339 e. The van der Waals surface area contributed by atoms with Crippen molar-refractivity contribution in [2.24, 2.45) is 0 Å². The monoisotopic (exact) mass is 596 g/mol. The van der Waals surface area contributed by atoms with Gasteiger partial charge in [0, 0.05) is 11.3 Å². The van der Waals surface area contributed by atoms with Crippen LogP contribution in [0.3, 0.4) is 0 Å². The highest BCUT2D eigenvalue weighted by Gasteiger charge is 2.36. The minimum Gasteiger partial charge on any atom is -0.489 e. The number of carbonyl (C=O) groups is 4. The van der Waals surface area contributed by atoms with Crippen LogP contribution in [-0.2, 0) is 20.9 Å². The third kappa shape index (κ3) is 7.96. The third-order valence-electron chi connectivity index (χ3n) is 5.91. The molecule has 4 rings (SSSR count). The molecule has 1 fully saturated rings. The van der Waals surface area contributed by atoms with E-state index in [-0.39, 0.29) is 40.2 Å². The summed E-state index contributed by atoms with van der Waals surface area (Å²) in [6, 6.07) is 17.4. The SMILES string of the molecule is CCCCOC(=O)c1cc(NC(=O)CN2C(=O)S/C(=C/c3ccc(OCc4ccccc4F)cc3)C2=O)ccc1Cl. The zero-order valence-corrected chi connectivity index (χ0v) is 23.6. The molecule has 3 amide bonds. The predicted molar refractivity (Wildman–Crippen MR) is 155 cm³/mol. The highest BCUT2D eigenvalue weighted by molar-refractivity contribution is 8.18. The fraction of sp³-hybridized carbons (Fsp3) is 0.200. The normalized spacial score (nSPS) is 13.9. The zero-order chi connectivity index (χ0) is 29.4. The van der Waals surface area contributed by atoms with Crippen molar-refractivity contribution in [3.8, 4) is 5.75 Å². The summed E-state index contributed by atoms with van der Waals surface area (Å²) < 4.78 is 24.6. The van der Waals surface area contributed by atoms with Crippen LogP contribution in [0, 0.1) is 5.82 Å². The Hall–Kier alpha value is -4.15. The van der Waals surface area contributed by atoms with Crippen molar-refractivity contribution < 1.29 is 33.0 Å². The molecule has 11 heteroatoms. The van der Waals surface area contributed by atoms with E-state index < -0.39 is 29.6 Å². The van der Waals surface area contributed by atoms with Gasteiger partial charge in [-0.3, -0.25) is 19.3 Å². The fourth-order valence-electron chi connectivity index (χ4n) is 3.72. The van der Waals surface area contributed by atoms with Gasteiger partial charge in [0.15, 0.2) is 0 Å². The first-order valence-corrected chi connectivity index (χ1v) is 13.9. The van der Waals surface area contributed by atoms with Gasteiger partial charge in [0.1, 0.15) is 24.7 Å². The van der Waals surface area contributed by atoms with Gasteiger partial charge in [-0.25, -0.2) is 9.18 Å². The van der Waals surface area contributed by atoms with Crippen molar-refractivity contribution in [1.29, 1.82) is 0 Å². The molecule has 41 heavy (non-hydrogen) atoms. The Morgan fingerprint density at radius 1 is 1.07 bits per heavy atom. The summed E-state index contributed by atoms with van der Waals surface area (Å²) >= 11 is 6.84. The summed E-state index contributed by atoms with van der Waals surface area (Å²) in [5, 5.41) is 2.17. The molecule has 0 unspecified atom stereocenters. The van der Waals surface area contributed by atoms with Crippen molar-refractivity contribution in [3.05, 3.63) is 99.2 Å². The van der Waals surface area contributed by atoms with Crippen LogP contribution in [0.5, 0.6) is 5.75 Å². The van der Waals surface area contributed by atoms with Crippen LogP contribution in [0.25, 0.3) is 6.08 Å². The van der Waals surface area contributed by atoms with Gasteiger partial charge in [-0.1, -0.05) is 55.3 Å². The molecule has 212 valence electrons. The summed E-state index contributed by atoms with van der Waals surface area (Å²) in [7, 11) is 0. The number of imide groups is 1. The molecule has 1 heterocycles. The molecule has 0 aromatic heterocycles. The molecule has 0 saturated carbocycles. The molecule has 1 aliphatic heterocycles. The van der Waals surface area contributed by atoms with Crippen LogP contribution >= 0.6 is 23.4 Å². The van der Waals surface area contributed by atoms with Gasteiger partial charge in [0.05, 0.1) is 22.1 Å². The number of unbranched alkanes of at least 4 members (excludes halogenated alkanes) is 1. The molecule has 0 bridgehead atoms. The summed E-state index contributed by atoms with van der Waals surface area (Å²) in [6.07, 6.45) is 3.11. The maximum absolute atomic E-state index is 13.8. The van der Waals surface area contributed by atoms with Crippen molar-refractivity contribution >= 4 is 58.1 Å². The van der Waals surface area contributed by atoms with Crippen LogP contribution in [0.2, 0.25) is 5.02 Å². The van der Waals surface area contributed by atoms with Crippen LogP contribution in [0.1, 0.15) is 41.3 Å². The molecule has 8 nitrogen and oxygen atoms in total. The average molecular weight is 597 g/mol. The standard InChI is InChI=1S/C30H26ClFN2O6S/c1-2-3-14-39-29(37)23-16-21(10-13-24(23)31)33-27(35)17-34-28(36)26(41-30(34)38)15-19-8-11-22(12-9-19)40-18-20-6-4-5-7-25(20)32/h4-13,15-16H,2-3,14,17-18H2,1H3,(H,33,35)/b26-15+. The van der Waals surface area contributed by atoms with E-state index >= 15 is 0 Å². The number of anilines is 1. The second-order valence-corrected chi connectivity index (χ2v) is 10.3. The Kier molecular flexibility index (Phi) is 10.2. The number of ether oxygens (including phenoxy) is 2. The maximum atomic E-state index is 13.8. The zero-order valence-electron chi connectivity index (χ0n) is 22.0. The first kappa shape index (κ1) is 29.8. The van der Waals surface area contributed by atoms with E-state index in [1.807, 2.05) is 6.92 Å². The number of nitrogens with zero attached hydrogens (tertiary/aromatic N) is 1. The molecule has 0 radical (unpaired) electrons. The second kappa shape index (κ2) is 14.0. The summed E-state index contributed by atoms with van der Waals surface area (Å²) in [5.41, 5.74) is 1.42. The quantitative estimate of drug-likeness (QED) is 0.149. The van der Waals surface area contributed by atoms with Gasteiger partial charge in [-0.2, -0.15) is 0 Å². The number of carbonyl (C=O) groups excluding carboxylic acids is 4. The third-order valence-corrected chi connectivity index (χ3v) is 7.14. The number of benzene rings is 3. The molecular weight excluding hydrogens is 571 g/mol. The van der Waals surface area contributed by atoms with Crippen molar-refractivity contribution in [2.45, 2.75) is 26.4 Å². The van der Waals surface area contributed by atoms with Crippen LogP contribution in [-0.4, -0.2) is 41.1 Å². The number of halogens is 2. The Morgan fingerprint density at radius 2 is 1.83 bits per heavy atom. The second-order valence-electron chi connectivity index (χ2n) is 8.95. The Bertz CT molecular complexity index is 1490. The van der Waals surface area contributed by atoms with Gasteiger partial charge >= 0.3 is 5.97 Å². The molecule has 3 aromatic carbocycles. The highest BCUT2D eigenvalue weighted by Crippen LogP contribution is 2.32. The van der Waals surface area contributed by atoms with Gasteiger partial charge < -0.3 is 14.8 Å². The van der Waals surface area contributed by atoms with Crippen LogP contribution in [0.15, 0.2) is 71.6 Å². The van der Waals surface area contributed by atoms with Gasteiger partial charge in [-0.05, 0) is 66.2 Å². The minimum absolute atomic E-state index is 0.0628. The number of rotatable bonds is 11. The Labute approximate surface area is 245 Å². The van der Waals surface area contributed by atoms with Gasteiger partial charge in [-0.15, -0.1) is 0 Å². The Balaban J connectivity index is 1.34. The molecule has 3 aromatic rings. The number of esters is 1. The van der Waals surface area contributed by atoms with E-state index in [0.717, 1.165) is 23.1 Å². The lowest BCUT2D eigenvalue weighted by molar-refractivity contribution is -0.127. The molecule has 0 spiro atoms. The average Bonchev–Trinajstić information content (AvgIpc) is 3.21. The number of hydrogen-bond acceptors (Lipinski definition) is 7. The first-order valence-electron chi connectivity index (χ1n) is 12.7. The van der Waals surface area contributed by atoms with E-state index in [0.29, 0.717) is 23.3 Å². The molecular formula is C30H26ClFN2O6S. The molecule has 1 N–H and O–H groups in total. The van der Waals surface area contributed by atoms with Crippen molar-refractivity contribution in [3.63, 3.8) is 0 Å².